The van der Waals surface area contributed by atoms with E-state index in [-0.39, 0.29) is 12.5 Å². The molecule has 0 aliphatic rings. The van der Waals surface area contributed by atoms with Crippen LogP contribution in [0.1, 0.15) is 90.4 Å². The van der Waals surface area contributed by atoms with Crippen molar-refractivity contribution in [3.05, 3.63) is 0 Å². The van der Waals surface area contributed by atoms with E-state index >= 15 is 0 Å². The Morgan fingerprint density at radius 2 is 1.32 bits per heavy atom. The molecule has 4 heteroatoms. The molecule has 0 atom stereocenters. The number of nitrogens with one attached hydrogen (secondary N) is 1. The Morgan fingerprint density at radius 1 is 0.800 bits per heavy atom. The molecule has 0 rings (SSSR count). The van der Waals surface area contributed by atoms with Crippen LogP contribution in [-0.2, 0) is 4.79 Å². The number of unbranched alkanes of at least 4 members (excludes halogenated alkanes) is 10. The number of quaternary nitrogens is 1. The lowest BCUT2D eigenvalue weighted by molar-refractivity contribution is -0.895. The number of amides is 1. The molecule has 150 valence electrons. The van der Waals surface area contributed by atoms with Gasteiger partial charge in [0.1, 0.15) is 0 Å². The van der Waals surface area contributed by atoms with Crippen LogP contribution in [0.25, 0.3) is 0 Å². The lowest BCUT2D eigenvalue weighted by Crippen LogP contribution is -2.45. The molecule has 0 aliphatic carbocycles. The number of carbonyl (C=O) groups excluding carboxylic acids is 1. The minimum atomic E-state index is -0.0295. The molecule has 1 amide bonds. The van der Waals surface area contributed by atoms with Crippen molar-refractivity contribution in [2.24, 2.45) is 0 Å². The molecule has 0 aromatic rings. The van der Waals surface area contributed by atoms with E-state index in [9.17, 15) is 9.90 Å². The van der Waals surface area contributed by atoms with E-state index in [0.717, 1.165) is 30.4 Å². The molecule has 4 nitrogen and oxygen atoms in total. The monoisotopic (exact) mass is 356 g/mol. The first kappa shape index (κ1) is 24.4. The van der Waals surface area contributed by atoms with Gasteiger partial charge in [-0.3, -0.25) is 4.79 Å². The number of carbonyl (C=O) groups is 1. The third kappa shape index (κ3) is 18.0. The highest BCUT2D eigenvalue weighted by Gasteiger charge is 2.11. The van der Waals surface area contributed by atoms with Crippen LogP contribution in [0.3, 0.4) is 0 Å². The van der Waals surface area contributed by atoms with Gasteiger partial charge in [0.05, 0.1) is 27.2 Å². The zero-order chi connectivity index (χ0) is 18.8. The second kappa shape index (κ2) is 16.8. The van der Waals surface area contributed by atoms with Gasteiger partial charge in [0.25, 0.3) is 0 Å². The molecular weight excluding hydrogens is 312 g/mol. The first-order chi connectivity index (χ1) is 12.0. The van der Waals surface area contributed by atoms with E-state index in [4.69, 9.17) is 0 Å². The summed E-state index contributed by atoms with van der Waals surface area (Å²) < 4.78 is 0.748. The van der Waals surface area contributed by atoms with Crippen LogP contribution < -0.4 is 10.4 Å². The highest BCUT2D eigenvalue weighted by Crippen LogP contribution is 2.11. The molecule has 0 aliphatic heterocycles. The second-order valence-electron chi connectivity index (χ2n) is 8.08. The Labute approximate surface area is 157 Å². The Balaban J connectivity index is 3.31. The van der Waals surface area contributed by atoms with Crippen molar-refractivity contribution in [2.75, 3.05) is 40.3 Å². The van der Waals surface area contributed by atoms with Gasteiger partial charge in [-0.05, 0) is 6.42 Å². The molecule has 0 aromatic carbocycles. The number of rotatable bonds is 18. The van der Waals surface area contributed by atoms with Crippen LogP contribution in [0.2, 0.25) is 0 Å². The van der Waals surface area contributed by atoms with Gasteiger partial charge < -0.3 is 14.9 Å². The van der Waals surface area contributed by atoms with E-state index in [1.807, 2.05) is 0 Å². The maximum absolute atomic E-state index is 11.8. The largest absolute Gasteiger partial charge is 0.850 e. The first-order valence-electron chi connectivity index (χ1n) is 10.7. The summed E-state index contributed by atoms with van der Waals surface area (Å²) in [6.07, 6.45) is 16.0. The third-order valence-corrected chi connectivity index (χ3v) is 4.97. The fourth-order valence-corrected chi connectivity index (χ4v) is 3.13. The molecule has 0 aromatic heterocycles. The van der Waals surface area contributed by atoms with E-state index in [0.29, 0.717) is 13.0 Å². The summed E-state index contributed by atoms with van der Waals surface area (Å²) in [5.74, 6) is 0.185. The van der Waals surface area contributed by atoms with Crippen molar-refractivity contribution in [2.45, 2.75) is 90.4 Å². The van der Waals surface area contributed by atoms with Gasteiger partial charge >= 0.3 is 0 Å². The van der Waals surface area contributed by atoms with Gasteiger partial charge in [-0.25, -0.2) is 0 Å². The molecule has 1 N–H and O–H groups in total. The number of hydrogen-bond acceptors (Lipinski definition) is 2. The van der Waals surface area contributed by atoms with Gasteiger partial charge in [0.2, 0.25) is 5.91 Å². The van der Waals surface area contributed by atoms with Crippen molar-refractivity contribution in [1.82, 2.24) is 5.32 Å². The van der Waals surface area contributed by atoms with Gasteiger partial charge in [0.15, 0.2) is 0 Å². The summed E-state index contributed by atoms with van der Waals surface area (Å²) >= 11 is 0. The van der Waals surface area contributed by atoms with E-state index in [1.54, 1.807) is 0 Å². The fraction of sp³-hybridized carbons (Fsp3) is 0.952. The van der Waals surface area contributed by atoms with Gasteiger partial charge in [-0.2, -0.15) is 0 Å². The summed E-state index contributed by atoms with van der Waals surface area (Å²) in [5.41, 5.74) is 0. The quantitative estimate of drug-likeness (QED) is 0.301. The maximum Gasteiger partial charge on any atom is 0.219 e. The SMILES string of the molecule is CCCCCCCCCCCCCC(=O)NCCC[N+](C)(C)CC[O-]. The predicted octanol–water partition coefficient (Wildman–Crippen LogP) is 3.63. The van der Waals surface area contributed by atoms with Crippen LogP contribution in [0, 0.1) is 0 Å². The summed E-state index contributed by atoms with van der Waals surface area (Å²) in [7, 11) is 4.15. The number of hydrogen-bond donors (Lipinski definition) is 1. The summed E-state index contributed by atoms with van der Waals surface area (Å²) in [4.78, 5) is 11.8. The molecule has 25 heavy (non-hydrogen) atoms. The lowest BCUT2D eigenvalue weighted by atomic mass is 10.1. The van der Waals surface area contributed by atoms with Crippen molar-refractivity contribution in [1.29, 1.82) is 0 Å². The van der Waals surface area contributed by atoms with Crippen molar-refractivity contribution >= 4 is 5.91 Å². The van der Waals surface area contributed by atoms with Crippen molar-refractivity contribution in [3.63, 3.8) is 0 Å². The van der Waals surface area contributed by atoms with Gasteiger partial charge in [-0.1, -0.05) is 77.7 Å². The van der Waals surface area contributed by atoms with Gasteiger partial charge in [0, 0.05) is 19.4 Å². The van der Waals surface area contributed by atoms with Crippen molar-refractivity contribution in [3.8, 4) is 0 Å². The van der Waals surface area contributed by atoms with Crippen molar-refractivity contribution < 1.29 is 14.4 Å². The molecule has 0 saturated carbocycles. The molecule has 0 radical (unpaired) electrons. The first-order valence-corrected chi connectivity index (χ1v) is 10.7. The summed E-state index contributed by atoms with van der Waals surface area (Å²) in [6, 6.07) is 0. The number of likely N-dealkylation sites (N-methyl/N-ethyl adjacent to an activating group) is 1. The van der Waals surface area contributed by atoms with Gasteiger partial charge in [-0.15, -0.1) is 0 Å². The summed E-state index contributed by atoms with van der Waals surface area (Å²) in [5, 5.41) is 13.7. The standard InChI is InChI=1S/C21H44N2O2/c1-4-5-6-7-8-9-10-11-12-13-14-16-21(25)22-17-15-18-23(2,3)19-20-24/h4-20H2,1-3H3,(H,22,25). The summed E-state index contributed by atoms with van der Waals surface area (Å²) in [6.45, 7) is 4.57. The highest BCUT2D eigenvalue weighted by molar-refractivity contribution is 5.75. The third-order valence-electron chi connectivity index (χ3n) is 4.97. The Hall–Kier alpha value is -0.610. The number of nitrogens with zero attached hydrogens (tertiary/aromatic N) is 1. The molecular formula is C21H44N2O2. The van der Waals surface area contributed by atoms with Crippen LogP contribution in [0.4, 0.5) is 0 Å². The Bertz CT molecular complexity index is 306. The smallest absolute Gasteiger partial charge is 0.219 e. The van der Waals surface area contributed by atoms with Crippen LogP contribution in [0.5, 0.6) is 0 Å². The topological polar surface area (TPSA) is 52.2 Å². The molecule has 0 fully saturated rings. The zero-order valence-corrected chi connectivity index (χ0v) is 17.3. The average Bonchev–Trinajstić information content (AvgIpc) is 2.56. The van der Waals surface area contributed by atoms with Crippen LogP contribution in [-0.4, -0.2) is 50.7 Å². The highest BCUT2D eigenvalue weighted by atomic mass is 16.3. The predicted molar refractivity (Wildman–Crippen MR) is 105 cm³/mol. The average molecular weight is 357 g/mol. The van der Waals surface area contributed by atoms with E-state index in [1.165, 1.54) is 64.2 Å². The second-order valence-corrected chi connectivity index (χ2v) is 8.08. The normalized spacial score (nSPS) is 11.7. The Kier molecular flexibility index (Phi) is 16.4. The van der Waals surface area contributed by atoms with E-state index in [2.05, 4.69) is 26.3 Å². The molecule has 0 spiro atoms. The zero-order valence-electron chi connectivity index (χ0n) is 17.3. The van der Waals surface area contributed by atoms with Crippen LogP contribution >= 0.6 is 0 Å². The lowest BCUT2D eigenvalue weighted by Gasteiger charge is -2.31. The van der Waals surface area contributed by atoms with Crippen LogP contribution in [0.15, 0.2) is 0 Å². The fourth-order valence-electron chi connectivity index (χ4n) is 3.13. The Morgan fingerprint density at radius 3 is 1.84 bits per heavy atom. The van der Waals surface area contributed by atoms with E-state index < -0.39 is 0 Å². The molecule has 0 heterocycles. The maximum atomic E-state index is 11.8. The molecule has 0 saturated heterocycles. The molecule has 0 unspecified atom stereocenters. The molecule has 0 bridgehead atoms. The minimum Gasteiger partial charge on any atom is -0.850 e. The minimum absolute atomic E-state index is 0.0295.